The number of halogens is 3. The first kappa shape index (κ1) is 21.6. The van der Waals surface area contributed by atoms with Crippen LogP contribution in [0.2, 0.25) is 10.0 Å². The van der Waals surface area contributed by atoms with E-state index in [0.29, 0.717) is 16.1 Å². The van der Waals surface area contributed by atoms with Crippen molar-refractivity contribution >= 4 is 56.8 Å². The van der Waals surface area contributed by atoms with Crippen LogP contribution in [0.15, 0.2) is 75.4 Å². The average Bonchev–Trinajstić information content (AvgIpc) is 2.79. The summed E-state index contributed by atoms with van der Waals surface area (Å²) in [6.45, 7) is 0. The maximum Gasteiger partial charge on any atom is 0.266 e. The molecule has 0 aliphatic heterocycles. The molecule has 0 unspecified atom stereocenters. The zero-order valence-corrected chi connectivity index (χ0v) is 19.0. The van der Waals surface area contributed by atoms with Gasteiger partial charge in [-0.1, -0.05) is 59.2 Å². The Labute approximate surface area is 200 Å². The van der Waals surface area contributed by atoms with Crippen LogP contribution in [0, 0.1) is 5.82 Å². The van der Waals surface area contributed by atoms with Crippen molar-refractivity contribution in [2.45, 2.75) is 10.9 Å². The van der Waals surface area contributed by atoms with Crippen molar-refractivity contribution in [3.05, 3.63) is 103 Å². The molecule has 0 atom stereocenters. The first-order chi connectivity index (χ1) is 15.9. The lowest BCUT2D eigenvalue weighted by Crippen LogP contribution is -2.24. The molecule has 6 nitrogen and oxygen atoms in total. The van der Waals surface area contributed by atoms with Crippen LogP contribution in [0.4, 0.5) is 4.39 Å². The molecule has 0 radical (unpaired) electrons. The van der Waals surface area contributed by atoms with Gasteiger partial charge in [0.2, 0.25) is 0 Å². The van der Waals surface area contributed by atoms with Crippen LogP contribution >= 0.6 is 35.0 Å². The monoisotopic (exact) mass is 498 g/mol. The molecule has 2 heterocycles. The first-order valence-electron chi connectivity index (χ1n) is 9.70. The second-order valence-electron chi connectivity index (χ2n) is 7.08. The Hall–Kier alpha value is -3.20. The molecular weight excluding hydrogens is 486 g/mol. The quantitative estimate of drug-likeness (QED) is 0.266. The SMILES string of the molecule is O=c1[nH]c(SCc2nc3c(Cl)cc(Cl)cc3c(=O)n2-c2ccccc2F)nc2ccccc12. The zero-order chi connectivity index (χ0) is 23.1. The van der Waals surface area contributed by atoms with Crippen LogP contribution in [-0.2, 0) is 5.75 Å². The number of benzene rings is 3. The summed E-state index contributed by atoms with van der Waals surface area (Å²) in [7, 11) is 0. The summed E-state index contributed by atoms with van der Waals surface area (Å²) in [5, 5.41) is 1.46. The predicted octanol–water partition coefficient (Wildman–Crippen LogP) is 5.36. The highest BCUT2D eigenvalue weighted by atomic mass is 35.5. The Balaban J connectivity index is 1.67. The fourth-order valence-electron chi connectivity index (χ4n) is 3.50. The van der Waals surface area contributed by atoms with E-state index in [9.17, 15) is 14.0 Å². The standard InChI is InChI=1S/C23H13Cl2FN4O2S/c24-12-9-14-20(15(25)10-12)28-19(30(22(14)32)18-8-4-2-6-16(18)26)11-33-23-27-17-7-3-1-5-13(17)21(31)29-23/h1-10H,11H2,(H,27,29,31). The van der Waals surface area contributed by atoms with Crippen LogP contribution in [-0.4, -0.2) is 19.5 Å². The number of rotatable bonds is 4. The molecule has 0 amide bonds. The smallest absolute Gasteiger partial charge is 0.266 e. The van der Waals surface area contributed by atoms with Gasteiger partial charge in [0.1, 0.15) is 11.6 Å². The largest absolute Gasteiger partial charge is 0.301 e. The number of fused-ring (bicyclic) bond motifs is 2. The van der Waals surface area contributed by atoms with E-state index in [1.807, 2.05) is 0 Å². The maximum absolute atomic E-state index is 14.7. The van der Waals surface area contributed by atoms with Crippen molar-refractivity contribution in [1.29, 1.82) is 0 Å². The molecular formula is C23H13Cl2FN4O2S. The van der Waals surface area contributed by atoms with Gasteiger partial charge in [-0.05, 0) is 36.4 Å². The molecule has 1 N–H and O–H groups in total. The number of aromatic nitrogens is 4. The number of hydrogen-bond acceptors (Lipinski definition) is 5. The molecule has 0 saturated carbocycles. The number of para-hydroxylation sites is 2. The van der Waals surface area contributed by atoms with E-state index in [-0.39, 0.29) is 43.8 Å². The van der Waals surface area contributed by atoms with E-state index in [1.165, 1.54) is 34.9 Å². The summed E-state index contributed by atoms with van der Waals surface area (Å²) in [6.07, 6.45) is 0. The highest BCUT2D eigenvalue weighted by molar-refractivity contribution is 7.98. The third-order valence-corrected chi connectivity index (χ3v) is 6.36. The van der Waals surface area contributed by atoms with E-state index >= 15 is 0 Å². The third-order valence-electron chi connectivity index (χ3n) is 4.98. The number of hydrogen-bond donors (Lipinski definition) is 1. The summed E-state index contributed by atoms with van der Waals surface area (Å²) in [6, 6.07) is 15.8. The van der Waals surface area contributed by atoms with Gasteiger partial charge in [0.15, 0.2) is 5.16 Å². The molecule has 164 valence electrons. The van der Waals surface area contributed by atoms with Gasteiger partial charge in [0, 0.05) is 5.02 Å². The molecule has 0 aliphatic carbocycles. The minimum atomic E-state index is -0.586. The number of nitrogens with zero attached hydrogens (tertiary/aromatic N) is 3. The van der Waals surface area contributed by atoms with Gasteiger partial charge >= 0.3 is 0 Å². The Bertz CT molecular complexity index is 1670. The topological polar surface area (TPSA) is 80.6 Å². The molecule has 5 rings (SSSR count). The molecule has 10 heteroatoms. The van der Waals surface area contributed by atoms with Gasteiger partial charge in [-0.3, -0.25) is 14.2 Å². The molecule has 0 fully saturated rings. The summed E-state index contributed by atoms with van der Waals surface area (Å²) in [5.74, 6) is -0.236. The van der Waals surface area contributed by atoms with E-state index in [2.05, 4.69) is 15.0 Å². The van der Waals surface area contributed by atoms with Gasteiger partial charge in [-0.2, -0.15) is 0 Å². The zero-order valence-electron chi connectivity index (χ0n) is 16.7. The minimum absolute atomic E-state index is 0.0450. The number of nitrogens with one attached hydrogen (secondary N) is 1. The lowest BCUT2D eigenvalue weighted by Gasteiger charge is -2.15. The van der Waals surface area contributed by atoms with E-state index in [1.54, 1.807) is 30.3 Å². The van der Waals surface area contributed by atoms with Crippen molar-refractivity contribution < 1.29 is 4.39 Å². The average molecular weight is 499 g/mol. The normalized spacial score (nSPS) is 11.4. The van der Waals surface area contributed by atoms with Crippen LogP contribution in [0.25, 0.3) is 27.5 Å². The second-order valence-corrected chi connectivity index (χ2v) is 8.89. The lowest BCUT2D eigenvalue weighted by molar-refractivity contribution is 0.613. The highest BCUT2D eigenvalue weighted by Crippen LogP contribution is 2.28. The number of aromatic amines is 1. The molecule has 3 aromatic carbocycles. The third kappa shape index (κ3) is 4.01. The lowest BCUT2D eigenvalue weighted by atomic mass is 10.2. The maximum atomic E-state index is 14.7. The first-order valence-corrected chi connectivity index (χ1v) is 11.4. The van der Waals surface area contributed by atoms with Crippen molar-refractivity contribution in [2.24, 2.45) is 0 Å². The van der Waals surface area contributed by atoms with Crippen molar-refractivity contribution in [1.82, 2.24) is 19.5 Å². The van der Waals surface area contributed by atoms with Gasteiger partial charge < -0.3 is 4.98 Å². The van der Waals surface area contributed by atoms with Crippen LogP contribution in [0.5, 0.6) is 0 Å². The van der Waals surface area contributed by atoms with E-state index in [4.69, 9.17) is 23.2 Å². The van der Waals surface area contributed by atoms with Crippen molar-refractivity contribution in [3.8, 4) is 5.69 Å². The van der Waals surface area contributed by atoms with Gasteiger partial charge in [-0.25, -0.2) is 14.4 Å². The summed E-state index contributed by atoms with van der Waals surface area (Å²) >= 11 is 13.6. The molecule has 0 bridgehead atoms. The summed E-state index contributed by atoms with van der Waals surface area (Å²) < 4.78 is 15.9. The Morgan fingerprint density at radius 2 is 1.73 bits per heavy atom. The van der Waals surface area contributed by atoms with Crippen molar-refractivity contribution in [3.63, 3.8) is 0 Å². The van der Waals surface area contributed by atoms with E-state index < -0.39 is 11.4 Å². The molecule has 0 spiro atoms. The molecule has 0 aliphatic rings. The van der Waals surface area contributed by atoms with Gasteiger partial charge in [0.05, 0.1) is 38.3 Å². The Morgan fingerprint density at radius 3 is 2.55 bits per heavy atom. The predicted molar refractivity (Wildman–Crippen MR) is 129 cm³/mol. The number of H-pyrrole nitrogens is 1. The Morgan fingerprint density at radius 1 is 0.970 bits per heavy atom. The molecule has 5 aromatic rings. The fraction of sp³-hybridized carbons (Fsp3) is 0.0435. The van der Waals surface area contributed by atoms with Crippen LogP contribution < -0.4 is 11.1 Å². The number of thioether (sulfide) groups is 1. The second kappa shape index (κ2) is 8.62. The fourth-order valence-corrected chi connectivity index (χ4v) is 4.83. The van der Waals surface area contributed by atoms with Crippen LogP contribution in [0.1, 0.15) is 5.82 Å². The molecule has 2 aromatic heterocycles. The Kier molecular flexibility index (Phi) is 5.65. The van der Waals surface area contributed by atoms with Gasteiger partial charge in [-0.15, -0.1) is 0 Å². The molecule has 0 saturated heterocycles. The minimum Gasteiger partial charge on any atom is -0.301 e. The van der Waals surface area contributed by atoms with Crippen molar-refractivity contribution in [2.75, 3.05) is 0 Å². The molecule has 33 heavy (non-hydrogen) atoms. The summed E-state index contributed by atoms with van der Waals surface area (Å²) in [4.78, 5) is 37.5. The highest BCUT2D eigenvalue weighted by Gasteiger charge is 2.18. The van der Waals surface area contributed by atoms with Gasteiger partial charge in [0.25, 0.3) is 11.1 Å². The summed E-state index contributed by atoms with van der Waals surface area (Å²) in [5.41, 5.74) is 0.0565. The van der Waals surface area contributed by atoms with Crippen LogP contribution in [0.3, 0.4) is 0 Å². The van der Waals surface area contributed by atoms with E-state index in [0.717, 1.165) is 11.8 Å².